The molecule has 6 nitrogen and oxygen atoms in total. The van der Waals surface area contributed by atoms with Crippen LogP contribution in [0.3, 0.4) is 0 Å². The van der Waals surface area contributed by atoms with Crippen molar-refractivity contribution in [2.75, 3.05) is 16.5 Å². The Bertz CT molecular complexity index is 934. The molecule has 2 heterocycles. The number of nitrogens with one attached hydrogen (secondary N) is 1. The predicted molar refractivity (Wildman–Crippen MR) is 97.9 cm³/mol. The number of carbonyl (C=O) groups excluding carboxylic acids is 2. The first-order chi connectivity index (χ1) is 11.7. The summed E-state index contributed by atoms with van der Waals surface area (Å²) in [6, 6.07) is 7.25. The Labute approximate surface area is 150 Å². The highest BCUT2D eigenvalue weighted by molar-refractivity contribution is 7.90. The number of hydrogen-bond donors (Lipinski definition) is 1. The van der Waals surface area contributed by atoms with Crippen molar-refractivity contribution >= 4 is 44.4 Å². The second-order valence-corrected chi connectivity index (χ2v) is 9.25. The van der Waals surface area contributed by atoms with Crippen molar-refractivity contribution in [1.82, 2.24) is 0 Å². The van der Waals surface area contributed by atoms with Crippen LogP contribution in [0.4, 0.5) is 11.4 Å². The molecule has 1 aromatic heterocycles. The van der Waals surface area contributed by atoms with Crippen LogP contribution < -0.4 is 10.2 Å². The normalized spacial score (nSPS) is 17.4. The number of benzene rings is 1. The highest BCUT2D eigenvalue weighted by Gasteiger charge is 2.39. The van der Waals surface area contributed by atoms with Gasteiger partial charge in [-0.05, 0) is 35.6 Å². The second-order valence-electron chi connectivity index (χ2n) is 6.28. The zero-order chi connectivity index (χ0) is 18.4. The molecule has 0 bridgehead atoms. The molecule has 1 aliphatic rings. The van der Waals surface area contributed by atoms with Crippen molar-refractivity contribution in [3.05, 3.63) is 40.6 Å². The lowest BCUT2D eigenvalue weighted by Gasteiger charge is -2.38. The summed E-state index contributed by atoms with van der Waals surface area (Å²) in [5, 5.41) is 4.54. The molecule has 0 radical (unpaired) electrons. The number of anilines is 2. The molecule has 3 rings (SSSR count). The van der Waals surface area contributed by atoms with E-state index in [4.69, 9.17) is 0 Å². The van der Waals surface area contributed by atoms with Crippen molar-refractivity contribution in [2.24, 2.45) is 5.92 Å². The van der Waals surface area contributed by atoms with Crippen LogP contribution in [0.25, 0.3) is 0 Å². The monoisotopic (exact) mass is 378 g/mol. The Morgan fingerprint density at radius 2 is 2.00 bits per heavy atom. The van der Waals surface area contributed by atoms with Crippen molar-refractivity contribution in [3.63, 3.8) is 0 Å². The first-order valence-corrected chi connectivity index (χ1v) is 10.5. The molecule has 2 aromatic rings. The van der Waals surface area contributed by atoms with Crippen LogP contribution in [0, 0.1) is 5.92 Å². The topological polar surface area (TPSA) is 83.6 Å². The summed E-state index contributed by atoms with van der Waals surface area (Å²) in [5.74, 6) is -0.693. The maximum Gasteiger partial charge on any atom is 0.269 e. The highest BCUT2D eigenvalue weighted by atomic mass is 32.2. The molecule has 0 saturated carbocycles. The summed E-state index contributed by atoms with van der Waals surface area (Å²) in [4.78, 5) is 27.7. The minimum atomic E-state index is -3.42. The van der Waals surface area contributed by atoms with Crippen LogP contribution in [-0.4, -0.2) is 32.5 Å². The van der Waals surface area contributed by atoms with Gasteiger partial charge in [-0.1, -0.05) is 19.9 Å². The number of rotatable bonds is 3. The Hall–Kier alpha value is -2.19. The third-order valence-corrected chi connectivity index (χ3v) is 6.01. The average Bonchev–Trinajstić information content (AvgIpc) is 3.05. The van der Waals surface area contributed by atoms with E-state index < -0.39 is 15.9 Å². The van der Waals surface area contributed by atoms with Gasteiger partial charge in [0, 0.05) is 6.26 Å². The van der Waals surface area contributed by atoms with Crippen molar-refractivity contribution in [1.29, 1.82) is 0 Å². The number of fused-ring (bicyclic) bond motifs is 1. The summed E-state index contributed by atoms with van der Waals surface area (Å²) in [6.07, 6.45) is 1.10. The van der Waals surface area contributed by atoms with Gasteiger partial charge in [-0.3, -0.25) is 14.5 Å². The molecular weight excluding hydrogens is 360 g/mol. The lowest BCUT2D eigenvalue weighted by Crippen LogP contribution is -2.53. The maximum absolute atomic E-state index is 13.0. The number of amides is 2. The molecule has 1 N–H and O–H groups in total. The number of carbonyl (C=O) groups is 2. The zero-order valence-electron chi connectivity index (χ0n) is 14.0. The predicted octanol–water partition coefficient (Wildman–Crippen LogP) is 2.78. The standard InChI is InChI=1S/C17H18N2O4S2/c1-10(2)15-16(20)18-12-9-11(25(3,22)23)6-7-13(12)19(15)17(21)14-5-4-8-24-14/h4-10,15H,1-3H3,(H,18,20). The first kappa shape index (κ1) is 17.6. The number of sulfone groups is 1. The molecule has 25 heavy (non-hydrogen) atoms. The van der Waals surface area contributed by atoms with Gasteiger partial charge in [0.05, 0.1) is 21.1 Å². The van der Waals surface area contributed by atoms with Gasteiger partial charge in [-0.2, -0.15) is 0 Å². The molecule has 0 aliphatic carbocycles. The van der Waals surface area contributed by atoms with E-state index in [0.29, 0.717) is 16.3 Å². The van der Waals surface area contributed by atoms with Crippen LogP contribution in [0.1, 0.15) is 23.5 Å². The van der Waals surface area contributed by atoms with Crippen LogP contribution in [0.5, 0.6) is 0 Å². The number of hydrogen-bond acceptors (Lipinski definition) is 5. The fraction of sp³-hybridized carbons (Fsp3) is 0.294. The van der Waals surface area contributed by atoms with E-state index in [1.54, 1.807) is 23.6 Å². The molecule has 0 fully saturated rings. The minimum Gasteiger partial charge on any atom is -0.322 e. The molecule has 132 valence electrons. The van der Waals surface area contributed by atoms with E-state index in [1.807, 2.05) is 13.8 Å². The number of thiophene rings is 1. The van der Waals surface area contributed by atoms with Gasteiger partial charge in [0.2, 0.25) is 5.91 Å². The summed E-state index contributed by atoms with van der Waals surface area (Å²) in [6.45, 7) is 3.74. The average molecular weight is 378 g/mol. The zero-order valence-corrected chi connectivity index (χ0v) is 15.6. The first-order valence-electron chi connectivity index (χ1n) is 7.72. The molecular formula is C17H18N2O4S2. The van der Waals surface area contributed by atoms with Crippen LogP contribution in [0.15, 0.2) is 40.6 Å². The van der Waals surface area contributed by atoms with E-state index in [-0.39, 0.29) is 22.6 Å². The molecule has 0 spiro atoms. The molecule has 1 aliphatic heterocycles. The van der Waals surface area contributed by atoms with E-state index in [0.717, 1.165) is 6.26 Å². The lowest BCUT2D eigenvalue weighted by molar-refractivity contribution is -0.118. The van der Waals surface area contributed by atoms with Gasteiger partial charge in [-0.15, -0.1) is 11.3 Å². The molecule has 0 saturated heterocycles. The molecule has 1 aromatic carbocycles. The second kappa shape index (κ2) is 6.27. The SMILES string of the molecule is CC(C)C1C(=O)Nc2cc(S(C)(=O)=O)ccc2N1C(=O)c1cccs1. The van der Waals surface area contributed by atoms with Gasteiger partial charge in [-0.25, -0.2) is 8.42 Å². The van der Waals surface area contributed by atoms with Crippen molar-refractivity contribution in [2.45, 2.75) is 24.8 Å². The minimum absolute atomic E-state index is 0.0954. The smallest absolute Gasteiger partial charge is 0.269 e. The van der Waals surface area contributed by atoms with Gasteiger partial charge in [0.25, 0.3) is 5.91 Å². The lowest BCUT2D eigenvalue weighted by atomic mass is 9.97. The van der Waals surface area contributed by atoms with E-state index in [9.17, 15) is 18.0 Å². The quantitative estimate of drug-likeness (QED) is 0.890. The van der Waals surface area contributed by atoms with Gasteiger partial charge in [0.1, 0.15) is 6.04 Å². The van der Waals surface area contributed by atoms with Crippen LogP contribution in [-0.2, 0) is 14.6 Å². The fourth-order valence-corrected chi connectivity index (χ4v) is 4.19. The summed E-state index contributed by atoms with van der Waals surface area (Å²) >= 11 is 1.30. The van der Waals surface area contributed by atoms with E-state index >= 15 is 0 Å². The highest BCUT2D eigenvalue weighted by Crippen LogP contribution is 2.37. The number of nitrogens with zero attached hydrogens (tertiary/aromatic N) is 1. The summed E-state index contributed by atoms with van der Waals surface area (Å²) in [5.41, 5.74) is 0.832. The van der Waals surface area contributed by atoms with Crippen molar-refractivity contribution < 1.29 is 18.0 Å². The molecule has 1 atom stereocenters. The summed E-state index contributed by atoms with van der Waals surface area (Å²) in [7, 11) is -3.42. The maximum atomic E-state index is 13.0. The van der Waals surface area contributed by atoms with Crippen LogP contribution in [0.2, 0.25) is 0 Å². The molecule has 2 amide bonds. The Morgan fingerprint density at radius 3 is 2.56 bits per heavy atom. The molecule has 1 unspecified atom stereocenters. The largest absolute Gasteiger partial charge is 0.322 e. The summed E-state index contributed by atoms with van der Waals surface area (Å²) < 4.78 is 23.6. The van der Waals surface area contributed by atoms with E-state index in [1.165, 1.54) is 28.4 Å². The molecule has 8 heteroatoms. The van der Waals surface area contributed by atoms with Crippen molar-refractivity contribution in [3.8, 4) is 0 Å². The third kappa shape index (κ3) is 3.19. The Morgan fingerprint density at radius 1 is 1.28 bits per heavy atom. The Balaban J connectivity index is 2.16. The van der Waals surface area contributed by atoms with E-state index in [2.05, 4.69) is 5.32 Å². The van der Waals surface area contributed by atoms with Gasteiger partial charge in [0.15, 0.2) is 9.84 Å². The van der Waals surface area contributed by atoms with Gasteiger partial charge >= 0.3 is 0 Å². The fourth-order valence-electron chi connectivity index (χ4n) is 2.89. The van der Waals surface area contributed by atoms with Crippen LogP contribution >= 0.6 is 11.3 Å². The Kier molecular flexibility index (Phi) is 4.42. The third-order valence-electron chi connectivity index (χ3n) is 4.04. The van der Waals surface area contributed by atoms with Gasteiger partial charge < -0.3 is 5.32 Å².